The molecule has 1 unspecified atom stereocenters. The minimum atomic E-state index is -2.01. The molecular formula is C6H17N2PS2. The smallest absolute Gasteiger partial charge is 0.122 e. The molecule has 0 aliphatic heterocycles. The second kappa shape index (κ2) is 5.55. The summed E-state index contributed by atoms with van der Waals surface area (Å²) in [4.78, 5) is 0. The maximum Gasteiger partial charge on any atom is 0.122 e. The molecule has 68 valence electrons. The van der Waals surface area contributed by atoms with Crippen molar-refractivity contribution in [1.82, 2.24) is 0 Å². The summed E-state index contributed by atoms with van der Waals surface area (Å²) in [5, 5.41) is 0.524. The number of nitrogens with two attached hydrogens (primary N) is 2. The predicted octanol–water partition coefficient (Wildman–Crippen LogP) is 2.44. The first-order valence-corrected chi connectivity index (χ1v) is 8.24. The number of rotatable bonds is 5. The second-order valence-electron chi connectivity index (χ2n) is 2.70. The van der Waals surface area contributed by atoms with Gasteiger partial charge in [0.25, 0.3) is 0 Å². The lowest BCUT2D eigenvalue weighted by atomic mass is 10.2. The maximum absolute atomic E-state index is 5.57. The fourth-order valence-electron chi connectivity index (χ4n) is 0.826. The van der Waals surface area contributed by atoms with Crippen molar-refractivity contribution in [2.75, 3.05) is 0 Å². The zero-order chi connectivity index (χ0) is 8.91. The Morgan fingerprint density at radius 3 is 2.45 bits per heavy atom. The Morgan fingerprint density at radius 2 is 2.09 bits per heavy atom. The van der Waals surface area contributed by atoms with Gasteiger partial charge in [0.15, 0.2) is 0 Å². The van der Waals surface area contributed by atoms with E-state index in [0.29, 0.717) is 5.25 Å². The van der Waals surface area contributed by atoms with E-state index in [1.807, 2.05) is 0 Å². The van der Waals surface area contributed by atoms with E-state index < -0.39 is 5.54 Å². The van der Waals surface area contributed by atoms with Gasteiger partial charge in [0.1, 0.15) is 5.54 Å². The van der Waals surface area contributed by atoms with Crippen molar-refractivity contribution in [3.05, 3.63) is 0 Å². The molecule has 0 saturated heterocycles. The third-order valence-corrected chi connectivity index (χ3v) is 5.08. The summed E-state index contributed by atoms with van der Waals surface area (Å²) >= 11 is 6.52. The molecule has 0 aromatic carbocycles. The highest BCUT2D eigenvalue weighted by Gasteiger charge is 2.10. The number of hydrogen-bond acceptors (Lipinski definition) is 2. The summed E-state index contributed by atoms with van der Waals surface area (Å²) < 4.78 is 0. The van der Waals surface area contributed by atoms with Crippen molar-refractivity contribution in [1.29, 1.82) is 0 Å². The average Bonchev–Trinajstić information content (AvgIpc) is 1.79. The highest BCUT2D eigenvalue weighted by Crippen LogP contribution is 2.47. The first-order chi connectivity index (χ1) is 4.95. The van der Waals surface area contributed by atoms with E-state index in [1.165, 1.54) is 19.3 Å². The molecule has 0 bridgehead atoms. The van der Waals surface area contributed by atoms with Crippen molar-refractivity contribution in [2.24, 2.45) is 11.0 Å². The van der Waals surface area contributed by atoms with Crippen LogP contribution in [0, 0.1) is 0 Å². The summed E-state index contributed by atoms with van der Waals surface area (Å²) in [6, 6.07) is 0. The second-order valence-corrected chi connectivity index (χ2v) is 9.96. The molecule has 0 heterocycles. The summed E-state index contributed by atoms with van der Waals surface area (Å²) in [5.74, 6) is 0. The molecule has 0 spiro atoms. The van der Waals surface area contributed by atoms with Gasteiger partial charge in [0.2, 0.25) is 0 Å². The summed E-state index contributed by atoms with van der Waals surface area (Å²) in [5.41, 5.74) is 9.14. The van der Waals surface area contributed by atoms with Crippen molar-refractivity contribution >= 4 is 28.7 Å². The molecule has 5 heteroatoms. The van der Waals surface area contributed by atoms with Gasteiger partial charge in [-0.05, 0) is 6.42 Å². The molecule has 0 aliphatic rings. The van der Waals surface area contributed by atoms with Crippen LogP contribution in [0.3, 0.4) is 0 Å². The quantitative estimate of drug-likeness (QED) is 0.687. The Morgan fingerprint density at radius 1 is 1.55 bits per heavy atom. The maximum atomic E-state index is 5.57. The van der Waals surface area contributed by atoms with Crippen molar-refractivity contribution in [3.63, 3.8) is 0 Å². The molecule has 1 atom stereocenters. The Bertz CT molecular complexity index is 146. The summed E-state index contributed by atoms with van der Waals surface area (Å²) in [6.07, 6.45) is 3.64. The molecule has 0 aliphatic carbocycles. The molecule has 0 radical (unpaired) electrons. The van der Waals surface area contributed by atoms with Crippen LogP contribution in [0.4, 0.5) is 0 Å². The molecule has 11 heavy (non-hydrogen) atoms. The van der Waals surface area contributed by atoms with Gasteiger partial charge in [-0.1, -0.05) is 49.9 Å². The van der Waals surface area contributed by atoms with Crippen molar-refractivity contribution < 1.29 is 0 Å². The fraction of sp³-hybridized carbons (Fsp3) is 1.00. The zero-order valence-electron chi connectivity index (χ0n) is 7.12. The zero-order valence-corrected chi connectivity index (χ0v) is 9.64. The predicted molar refractivity (Wildman–Crippen MR) is 59.2 cm³/mol. The molecule has 0 saturated carbocycles. The minimum Gasteiger partial charge on any atom is -0.283 e. The average molecular weight is 212 g/mol. The fourth-order valence-corrected chi connectivity index (χ4v) is 4.99. The van der Waals surface area contributed by atoms with Gasteiger partial charge < -0.3 is 0 Å². The molecule has 2 nitrogen and oxygen atoms in total. The van der Waals surface area contributed by atoms with Gasteiger partial charge in [0, 0.05) is 5.25 Å². The van der Waals surface area contributed by atoms with E-state index in [1.54, 1.807) is 11.4 Å². The standard InChI is InChI=1S/C6H17N2PS2/c1-3-4-5-6(2)11-9(7,8)10/h6H,3-5H2,1-2H3,(H4,7,8,10). The Balaban J connectivity index is 3.52. The topological polar surface area (TPSA) is 52.0 Å². The SMILES string of the molecule is CCCCC(C)SP(N)(N)=S. The number of unbranched alkanes of at least 4 members (excludes halogenated alkanes) is 1. The van der Waals surface area contributed by atoms with Crippen LogP contribution in [0.2, 0.25) is 0 Å². The largest absolute Gasteiger partial charge is 0.283 e. The van der Waals surface area contributed by atoms with Crippen molar-refractivity contribution in [2.45, 2.75) is 38.4 Å². The van der Waals surface area contributed by atoms with Crippen LogP contribution in [0.1, 0.15) is 33.1 Å². The summed E-state index contributed by atoms with van der Waals surface area (Å²) in [6.45, 7) is 4.32. The van der Waals surface area contributed by atoms with E-state index >= 15 is 0 Å². The van der Waals surface area contributed by atoms with Gasteiger partial charge in [-0.2, -0.15) is 0 Å². The molecular weight excluding hydrogens is 195 g/mol. The molecule has 4 N–H and O–H groups in total. The van der Waals surface area contributed by atoms with E-state index in [9.17, 15) is 0 Å². The summed E-state index contributed by atoms with van der Waals surface area (Å²) in [7, 11) is 0. The van der Waals surface area contributed by atoms with E-state index in [0.717, 1.165) is 0 Å². The van der Waals surface area contributed by atoms with Crippen LogP contribution in [-0.2, 0) is 11.8 Å². The first kappa shape index (κ1) is 11.9. The lowest BCUT2D eigenvalue weighted by molar-refractivity contribution is 0.715. The van der Waals surface area contributed by atoms with Crippen molar-refractivity contribution in [3.8, 4) is 0 Å². The van der Waals surface area contributed by atoms with Crippen LogP contribution in [-0.4, -0.2) is 5.25 Å². The van der Waals surface area contributed by atoms with E-state index in [-0.39, 0.29) is 0 Å². The normalized spacial score (nSPS) is 14.9. The highest BCUT2D eigenvalue weighted by atomic mass is 32.9. The van der Waals surface area contributed by atoms with Crippen LogP contribution in [0.25, 0.3) is 0 Å². The van der Waals surface area contributed by atoms with Crippen LogP contribution in [0.15, 0.2) is 0 Å². The monoisotopic (exact) mass is 212 g/mol. The van der Waals surface area contributed by atoms with E-state index in [4.69, 9.17) is 22.8 Å². The van der Waals surface area contributed by atoms with Gasteiger partial charge >= 0.3 is 0 Å². The third-order valence-electron chi connectivity index (χ3n) is 1.31. The van der Waals surface area contributed by atoms with Crippen LogP contribution < -0.4 is 11.0 Å². The molecule has 0 rings (SSSR count). The Kier molecular flexibility index (Phi) is 6.01. The van der Waals surface area contributed by atoms with Gasteiger partial charge in [-0.15, -0.1) is 0 Å². The van der Waals surface area contributed by atoms with Gasteiger partial charge in [0.05, 0.1) is 0 Å². The van der Waals surface area contributed by atoms with Crippen LogP contribution in [0.5, 0.6) is 0 Å². The van der Waals surface area contributed by atoms with Gasteiger partial charge in [-0.3, -0.25) is 11.0 Å². The lowest BCUT2D eigenvalue weighted by Crippen LogP contribution is -2.05. The minimum absolute atomic E-state index is 0.524. The Hall–Kier alpha value is 0.920. The molecule has 0 aromatic heterocycles. The number of hydrogen-bond donors (Lipinski definition) is 2. The molecule has 0 fully saturated rings. The molecule has 0 aromatic rings. The van der Waals surface area contributed by atoms with Crippen LogP contribution >= 0.6 is 16.9 Å². The highest BCUT2D eigenvalue weighted by molar-refractivity contribution is 8.69. The first-order valence-electron chi connectivity index (χ1n) is 3.81. The molecule has 0 amide bonds. The lowest BCUT2D eigenvalue weighted by Gasteiger charge is -2.15. The van der Waals surface area contributed by atoms with E-state index in [2.05, 4.69) is 13.8 Å². The van der Waals surface area contributed by atoms with Gasteiger partial charge in [-0.25, -0.2) is 0 Å². The Labute approximate surface area is 78.3 Å². The third kappa shape index (κ3) is 8.83.